The highest BCUT2D eigenvalue weighted by Crippen LogP contribution is 2.25. The molecule has 0 unspecified atom stereocenters. The summed E-state index contributed by atoms with van der Waals surface area (Å²) in [5.74, 6) is -0.516. The van der Waals surface area contributed by atoms with Crippen LogP contribution < -0.4 is 9.62 Å². The molecule has 3 rings (SSSR count). The number of carbonyl (C=O) groups is 2. The number of amides is 2. The number of halogens is 1. The first-order valence-corrected chi connectivity index (χ1v) is 15.9. The van der Waals surface area contributed by atoms with Gasteiger partial charge < -0.3 is 10.2 Å². The van der Waals surface area contributed by atoms with Crippen molar-refractivity contribution in [2.45, 2.75) is 46.7 Å². The minimum atomic E-state index is -3.81. The first-order valence-electron chi connectivity index (χ1n) is 13.3. The fourth-order valence-electron chi connectivity index (χ4n) is 4.35. The molecule has 3 aromatic carbocycles. The summed E-state index contributed by atoms with van der Waals surface area (Å²) in [4.78, 5) is 29.3. The molecule has 0 aromatic heterocycles. The number of anilines is 1. The Hall–Kier alpha value is -3.17. The summed E-state index contributed by atoms with van der Waals surface area (Å²) >= 11 is 3.45. The van der Waals surface area contributed by atoms with E-state index in [2.05, 4.69) is 21.2 Å². The SMILES string of the molecule is Cc1ccc(C)c(N(CC(=O)N(Cc2ccc(Br)cc2)[C@H](Cc2ccccc2)C(=O)NCC(C)C)S(C)(=O)=O)c1. The van der Waals surface area contributed by atoms with Gasteiger partial charge in [0.15, 0.2) is 0 Å². The lowest BCUT2D eigenvalue weighted by atomic mass is 10.0. The molecule has 2 amide bonds. The standard InChI is InChI=1S/C31H38BrN3O4S/c1-22(2)19-33-31(37)29(18-25-9-7-6-8-10-25)34(20-26-13-15-27(32)16-14-26)30(36)21-35(40(5,38)39)28-17-23(3)11-12-24(28)4/h6-17,22,29H,18-21H2,1-5H3,(H,33,37)/t29-/m1/s1. The van der Waals surface area contributed by atoms with Gasteiger partial charge >= 0.3 is 0 Å². The molecule has 3 aromatic rings. The highest BCUT2D eigenvalue weighted by molar-refractivity contribution is 9.10. The lowest BCUT2D eigenvalue weighted by molar-refractivity contribution is -0.140. The van der Waals surface area contributed by atoms with Gasteiger partial charge in [-0.1, -0.05) is 84.4 Å². The van der Waals surface area contributed by atoms with E-state index in [0.717, 1.165) is 37.3 Å². The molecule has 7 nitrogen and oxygen atoms in total. The second kappa shape index (κ2) is 13.9. The normalized spacial score (nSPS) is 12.2. The number of benzene rings is 3. The molecule has 0 aliphatic carbocycles. The third kappa shape index (κ3) is 8.93. The summed E-state index contributed by atoms with van der Waals surface area (Å²) < 4.78 is 28.0. The minimum Gasteiger partial charge on any atom is -0.354 e. The van der Waals surface area contributed by atoms with Crippen LogP contribution in [0.5, 0.6) is 0 Å². The third-order valence-corrected chi connectivity index (χ3v) is 8.19. The summed E-state index contributed by atoms with van der Waals surface area (Å²) in [6.07, 6.45) is 1.38. The van der Waals surface area contributed by atoms with Crippen LogP contribution >= 0.6 is 15.9 Å². The van der Waals surface area contributed by atoms with E-state index in [1.165, 1.54) is 4.90 Å². The van der Waals surface area contributed by atoms with Gasteiger partial charge in [0.05, 0.1) is 11.9 Å². The molecule has 0 radical (unpaired) electrons. The Morgan fingerprint density at radius 1 is 0.925 bits per heavy atom. The number of rotatable bonds is 12. The smallest absolute Gasteiger partial charge is 0.244 e. The van der Waals surface area contributed by atoms with Crippen molar-refractivity contribution in [2.75, 3.05) is 23.7 Å². The molecular weight excluding hydrogens is 590 g/mol. The molecular formula is C31H38BrN3O4S. The van der Waals surface area contributed by atoms with Gasteiger partial charge in [-0.3, -0.25) is 13.9 Å². The van der Waals surface area contributed by atoms with Crippen LogP contribution in [0.25, 0.3) is 0 Å². The Kier molecular flexibility index (Phi) is 10.9. The van der Waals surface area contributed by atoms with Crippen LogP contribution in [0, 0.1) is 19.8 Å². The van der Waals surface area contributed by atoms with Crippen LogP contribution in [-0.4, -0.2) is 50.5 Å². The molecule has 0 saturated carbocycles. The summed E-state index contributed by atoms with van der Waals surface area (Å²) in [7, 11) is -3.81. The second-order valence-corrected chi connectivity index (χ2v) is 13.4. The molecule has 0 bridgehead atoms. The van der Waals surface area contributed by atoms with Crippen LogP contribution in [0.15, 0.2) is 77.3 Å². The Balaban J connectivity index is 2.06. The zero-order valence-corrected chi connectivity index (χ0v) is 26.1. The maximum Gasteiger partial charge on any atom is 0.244 e. The third-order valence-electron chi connectivity index (χ3n) is 6.53. The van der Waals surface area contributed by atoms with E-state index in [-0.39, 0.29) is 24.8 Å². The lowest BCUT2D eigenvalue weighted by Crippen LogP contribution is -2.53. The number of sulfonamides is 1. The quantitative estimate of drug-likeness (QED) is 0.297. The van der Waals surface area contributed by atoms with Gasteiger partial charge in [-0.2, -0.15) is 0 Å². The van der Waals surface area contributed by atoms with Gasteiger partial charge in [0.1, 0.15) is 12.6 Å². The highest BCUT2D eigenvalue weighted by Gasteiger charge is 2.33. The van der Waals surface area contributed by atoms with Crippen LogP contribution in [0.1, 0.15) is 36.1 Å². The average Bonchev–Trinajstić information content (AvgIpc) is 2.90. The Morgan fingerprint density at radius 2 is 1.57 bits per heavy atom. The van der Waals surface area contributed by atoms with Crippen LogP contribution in [0.2, 0.25) is 0 Å². The molecule has 40 heavy (non-hydrogen) atoms. The van der Waals surface area contributed by atoms with Crippen LogP contribution in [0.4, 0.5) is 5.69 Å². The predicted molar refractivity (Wildman–Crippen MR) is 165 cm³/mol. The van der Waals surface area contributed by atoms with Crippen molar-refractivity contribution in [2.24, 2.45) is 5.92 Å². The molecule has 0 fully saturated rings. The zero-order chi connectivity index (χ0) is 29.4. The molecule has 0 aliphatic rings. The molecule has 0 saturated heterocycles. The Labute approximate surface area is 246 Å². The van der Waals surface area contributed by atoms with Gasteiger partial charge in [-0.25, -0.2) is 8.42 Å². The maximum atomic E-state index is 14.1. The molecule has 9 heteroatoms. The highest BCUT2D eigenvalue weighted by atomic mass is 79.9. The number of hydrogen-bond donors (Lipinski definition) is 1. The lowest BCUT2D eigenvalue weighted by Gasteiger charge is -2.34. The average molecular weight is 629 g/mol. The molecule has 1 N–H and O–H groups in total. The summed E-state index contributed by atoms with van der Waals surface area (Å²) in [6.45, 7) is 7.87. The number of nitrogens with zero attached hydrogens (tertiary/aromatic N) is 2. The number of nitrogens with one attached hydrogen (secondary N) is 1. The van der Waals surface area contributed by atoms with Gasteiger partial charge in [0.2, 0.25) is 21.8 Å². The zero-order valence-electron chi connectivity index (χ0n) is 23.7. The van der Waals surface area contributed by atoms with Gasteiger partial charge in [0, 0.05) is 24.0 Å². The van der Waals surface area contributed by atoms with Crippen molar-refractivity contribution in [3.8, 4) is 0 Å². The second-order valence-electron chi connectivity index (χ2n) is 10.6. The van der Waals surface area contributed by atoms with Crippen molar-refractivity contribution in [1.29, 1.82) is 0 Å². The summed E-state index contributed by atoms with van der Waals surface area (Å²) in [5.41, 5.74) is 3.78. The summed E-state index contributed by atoms with van der Waals surface area (Å²) in [5, 5.41) is 2.99. The topological polar surface area (TPSA) is 86.8 Å². The van der Waals surface area contributed by atoms with E-state index < -0.39 is 28.5 Å². The molecule has 1 atom stereocenters. The van der Waals surface area contributed by atoms with Crippen LogP contribution in [-0.2, 0) is 32.6 Å². The fraction of sp³-hybridized carbons (Fsp3) is 0.355. The van der Waals surface area contributed by atoms with Crippen molar-refractivity contribution in [3.63, 3.8) is 0 Å². The first kappa shape index (κ1) is 31.4. The monoisotopic (exact) mass is 627 g/mol. The minimum absolute atomic E-state index is 0.142. The molecule has 214 valence electrons. The van der Waals surface area contributed by atoms with Crippen molar-refractivity contribution in [3.05, 3.63) is 99.5 Å². The summed E-state index contributed by atoms with van der Waals surface area (Å²) in [6, 6.07) is 21.7. The van der Waals surface area contributed by atoms with Gasteiger partial charge in [-0.15, -0.1) is 0 Å². The fourth-order valence-corrected chi connectivity index (χ4v) is 5.51. The van der Waals surface area contributed by atoms with Crippen molar-refractivity contribution < 1.29 is 18.0 Å². The van der Waals surface area contributed by atoms with E-state index in [9.17, 15) is 18.0 Å². The molecule has 0 spiro atoms. The van der Waals surface area contributed by atoms with E-state index in [4.69, 9.17) is 0 Å². The molecule has 0 heterocycles. The first-order chi connectivity index (χ1) is 18.8. The van der Waals surface area contributed by atoms with E-state index >= 15 is 0 Å². The van der Waals surface area contributed by atoms with Crippen molar-refractivity contribution >= 4 is 43.5 Å². The van der Waals surface area contributed by atoms with Crippen molar-refractivity contribution in [1.82, 2.24) is 10.2 Å². The van der Waals surface area contributed by atoms with E-state index in [1.54, 1.807) is 6.07 Å². The Bertz CT molecular complexity index is 1410. The molecule has 0 aliphatic heterocycles. The van der Waals surface area contributed by atoms with Gasteiger partial charge in [0.25, 0.3) is 0 Å². The van der Waals surface area contributed by atoms with E-state index in [0.29, 0.717) is 12.2 Å². The number of carbonyl (C=O) groups excluding carboxylic acids is 2. The largest absolute Gasteiger partial charge is 0.354 e. The van der Waals surface area contributed by atoms with Gasteiger partial charge in [-0.05, 0) is 60.2 Å². The van der Waals surface area contributed by atoms with Crippen LogP contribution in [0.3, 0.4) is 0 Å². The predicted octanol–water partition coefficient (Wildman–Crippen LogP) is 5.24. The number of aryl methyl sites for hydroxylation is 2. The van der Waals surface area contributed by atoms with E-state index in [1.807, 2.05) is 94.4 Å². The number of hydrogen-bond acceptors (Lipinski definition) is 4. The Morgan fingerprint density at radius 3 is 2.17 bits per heavy atom. The maximum absolute atomic E-state index is 14.1.